The van der Waals surface area contributed by atoms with Gasteiger partial charge in [-0.15, -0.1) is 0 Å². The van der Waals surface area contributed by atoms with E-state index in [0.29, 0.717) is 10.7 Å². The average molecular weight is 225 g/mol. The third-order valence-electron chi connectivity index (χ3n) is 2.71. The van der Waals surface area contributed by atoms with Crippen molar-refractivity contribution in [3.05, 3.63) is 23.0 Å². The molecule has 0 spiro atoms. The van der Waals surface area contributed by atoms with Gasteiger partial charge in [0, 0.05) is 24.8 Å². The van der Waals surface area contributed by atoms with E-state index in [9.17, 15) is 4.79 Å². The maximum absolute atomic E-state index is 10.9. The molecule has 0 unspecified atom stereocenters. The number of piperidine rings is 1. The van der Waals surface area contributed by atoms with Gasteiger partial charge in [-0.3, -0.25) is 4.79 Å². The first kappa shape index (κ1) is 10.4. The second-order valence-electron chi connectivity index (χ2n) is 3.71. The van der Waals surface area contributed by atoms with Gasteiger partial charge in [-0.1, -0.05) is 11.6 Å². The minimum absolute atomic E-state index is 0.432. The molecule has 1 fully saturated rings. The van der Waals surface area contributed by atoms with Crippen LogP contribution in [0.4, 0.5) is 5.69 Å². The summed E-state index contributed by atoms with van der Waals surface area (Å²) in [6.45, 7) is 1.93. The van der Waals surface area contributed by atoms with Crippen LogP contribution >= 0.6 is 11.6 Å². The summed E-state index contributed by atoms with van der Waals surface area (Å²) in [5.74, 6) is 0. The number of hydrogen-bond donors (Lipinski definition) is 0. The first-order valence-electron chi connectivity index (χ1n) is 5.17. The first-order valence-corrected chi connectivity index (χ1v) is 5.55. The molecule has 0 radical (unpaired) electrons. The SMILES string of the molecule is O=Cc1ccnc(Cl)c1N1CCCCC1. The maximum Gasteiger partial charge on any atom is 0.153 e. The number of halogens is 1. The molecule has 0 amide bonds. The molecule has 0 bridgehead atoms. The Morgan fingerprint density at radius 2 is 2.07 bits per heavy atom. The van der Waals surface area contributed by atoms with Crippen molar-refractivity contribution in [3.63, 3.8) is 0 Å². The Hall–Kier alpha value is -1.09. The van der Waals surface area contributed by atoms with Crippen molar-refractivity contribution >= 4 is 23.6 Å². The molecular weight excluding hydrogens is 212 g/mol. The maximum atomic E-state index is 10.9. The summed E-state index contributed by atoms with van der Waals surface area (Å²) in [6.07, 6.45) is 5.98. The van der Waals surface area contributed by atoms with Gasteiger partial charge in [-0.2, -0.15) is 0 Å². The van der Waals surface area contributed by atoms with Crippen LogP contribution in [0, 0.1) is 0 Å². The molecule has 0 saturated carbocycles. The Morgan fingerprint density at radius 1 is 1.33 bits per heavy atom. The Morgan fingerprint density at radius 3 is 2.73 bits per heavy atom. The Bertz CT molecular complexity index is 362. The van der Waals surface area contributed by atoms with Crippen LogP contribution in [-0.2, 0) is 0 Å². The monoisotopic (exact) mass is 224 g/mol. The van der Waals surface area contributed by atoms with Gasteiger partial charge in [0.25, 0.3) is 0 Å². The zero-order chi connectivity index (χ0) is 10.7. The van der Waals surface area contributed by atoms with Crippen LogP contribution in [0.3, 0.4) is 0 Å². The van der Waals surface area contributed by atoms with Gasteiger partial charge >= 0.3 is 0 Å². The molecule has 0 atom stereocenters. The molecule has 1 aromatic rings. The quantitative estimate of drug-likeness (QED) is 0.572. The summed E-state index contributed by atoms with van der Waals surface area (Å²) in [5, 5.41) is 0.432. The van der Waals surface area contributed by atoms with Crippen LogP contribution in [0.1, 0.15) is 29.6 Å². The number of aromatic nitrogens is 1. The lowest BCUT2D eigenvalue weighted by Crippen LogP contribution is -2.30. The standard InChI is InChI=1S/C11H13ClN2O/c12-11-10(9(8-15)4-5-13-11)14-6-2-1-3-7-14/h4-5,8H,1-3,6-7H2. The van der Waals surface area contributed by atoms with Gasteiger partial charge in [-0.05, 0) is 25.3 Å². The number of anilines is 1. The van der Waals surface area contributed by atoms with E-state index in [0.717, 1.165) is 37.9 Å². The number of carbonyl (C=O) groups is 1. The highest BCUT2D eigenvalue weighted by molar-refractivity contribution is 6.32. The van der Waals surface area contributed by atoms with Crippen LogP contribution in [0.2, 0.25) is 5.15 Å². The van der Waals surface area contributed by atoms with Crippen LogP contribution in [0.5, 0.6) is 0 Å². The van der Waals surface area contributed by atoms with Crippen molar-refractivity contribution < 1.29 is 4.79 Å². The van der Waals surface area contributed by atoms with E-state index in [1.165, 1.54) is 6.42 Å². The van der Waals surface area contributed by atoms with Gasteiger partial charge in [-0.25, -0.2) is 4.98 Å². The molecule has 3 nitrogen and oxygen atoms in total. The molecule has 80 valence electrons. The fraction of sp³-hybridized carbons (Fsp3) is 0.455. The molecule has 15 heavy (non-hydrogen) atoms. The highest BCUT2D eigenvalue weighted by atomic mass is 35.5. The molecule has 0 aromatic carbocycles. The lowest BCUT2D eigenvalue weighted by molar-refractivity contribution is 0.112. The number of aldehydes is 1. The fourth-order valence-electron chi connectivity index (χ4n) is 1.97. The van der Waals surface area contributed by atoms with Crippen molar-refractivity contribution in [3.8, 4) is 0 Å². The minimum Gasteiger partial charge on any atom is -0.368 e. The summed E-state index contributed by atoms with van der Waals surface area (Å²) in [6, 6.07) is 1.71. The molecule has 2 heterocycles. The lowest BCUT2D eigenvalue weighted by Gasteiger charge is -2.29. The smallest absolute Gasteiger partial charge is 0.153 e. The molecular formula is C11H13ClN2O. The summed E-state index contributed by atoms with van der Waals surface area (Å²) < 4.78 is 0. The molecule has 1 aliphatic heterocycles. The third-order valence-corrected chi connectivity index (χ3v) is 2.99. The molecule has 0 aliphatic carbocycles. The van der Waals surface area contributed by atoms with E-state index < -0.39 is 0 Å². The van der Waals surface area contributed by atoms with Crippen molar-refractivity contribution in [2.24, 2.45) is 0 Å². The average Bonchev–Trinajstić information content (AvgIpc) is 2.29. The summed E-state index contributed by atoms with van der Waals surface area (Å²) in [4.78, 5) is 17.1. The number of nitrogens with zero attached hydrogens (tertiary/aromatic N) is 2. The van der Waals surface area contributed by atoms with Crippen LogP contribution in [-0.4, -0.2) is 24.4 Å². The Labute approximate surface area is 94.1 Å². The second kappa shape index (κ2) is 4.62. The van der Waals surface area contributed by atoms with Crippen molar-refractivity contribution in [1.29, 1.82) is 0 Å². The largest absolute Gasteiger partial charge is 0.368 e. The summed E-state index contributed by atoms with van der Waals surface area (Å²) in [5.41, 5.74) is 1.44. The minimum atomic E-state index is 0.432. The molecule has 1 aromatic heterocycles. The van der Waals surface area contributed by atoms with Gasteiger partial charge in [0.05, 0.1) is 5.69 Å². The molecule has 1 saturated heterocycles. The fourth-order valence-corrected chi connectivity index (χ4v) is 2.25. The van der Waals surface area contributed by atoms with E-state index in [-0.39, 0.29) is 0 Å². The molecule has 1 aliphatic rings. The first-order chi connectivity index (χ1) is 7.33. The van der Waals surface area contributed by atoms with Gasteiger partial charge in [0.1, 0.15) is 0 Å². The van der Waals surface area contributed by atoms with E-state index in [2.05, 4.69) is 9.88 Å². The molecule has 2 rings (SSSR count). The van der Waals surface area contributed by atoms with Crippen molar-refractivity contribution in [2.75, 3.05) is 18.0 Å². The summed E-state index contributed by atoms with van der Waals surface area (Å²) in [7, 11) is 0. The van der Waals surface area contributed by atoms with Gasteiger partial charge in [0.2, 0.25) is 0 Å². The van der Waals surface area contributed by atoms with E-state index in [1.807, 2.05) is 0 Å². The van der Waals surface area contributed by atoms with E-state index in [4.69, 9.17) is 11.6 Å². The highest BCUT2D eigenvalue weighted by Gasteiger charge is 2.17. The van der Waals surface area contributed by atoms with E-state index in [1.54, 1.807) is 12.3 Å². The molecule has 4 heteroatoms. The number of rotatable bonds is 2. The highest BCUT2D eigenvalue weighted by Crippen LogP contribution is 2.29. The Kier molecular flexibility index (Phi) is 3.21. The predicted molar refractivity (Wildman–Crippen MR) is 60.7 cm³/mol. The third kappa shape index (κ3) is 2.12. The number of carbonyl (C=O) groups excluding carboxylic acids is 1. The number of pyridine rings is 1. The second-order valence-corrected chi connectivity index (χ2v) is 4.06. The topological polar surface area (TPSA) is 33.2 Å². The lowest BCUT2D eigenvalue weighted by atomic mass is 10.1. The van der Waals surface area contributed by atoms with Crippen molar-refractivity contribution in [1.82, 2.24) is 4.98 Å². The zero-order valence-corrected chi connectivity index (χ0v) is 9.20. The van der Waals surface area contributed by atoms with Gasteiger partial charge < -0.3 is 4.90 Å². The van der Waals surface area contributed by atoms with Crippen molar-refractivity contribution in [2.45, 2.75) is 19.3 Å². The van der Waals surface area contributed by atoms with Gasteiger partial charge in [0.15, 0.2) is 11.4 Å². The van der Waals surface area contributed by atoms with Crippen LogP contribution < -0.4 is 4.90 Å². The number of hydrogen-bond acceptors (Lipinski definition) is 3. The summed E-state index contributed by atoms with van der Waals surface area (Å²) >= 11 is 6.03. The van der Waals surface area contributed by atoms with E-state index >= 15 is 0 Å². The van der Waals surface area contributed by atoms with Crippen LogP contribution in [0.15, 0.2) is 12.3 Å². The predicted octanol–water partition coefficient (Wildman–Crippen LogP) is 2.54. The Balaban J connectivity index is 2.35. The normalized spacial score (nSPS) is 16.5. The van der Waals surface area contributed by atoms with Crippen LogP contribution in [0.25, 0.3) is 0 Å². The zero-order valence-electron chi connectivity index (χ0n) is 8.45. The molecule has 0 N–H and O–H groups in total.